The Morgan fingerprint density at radius 2 is 1.84 bits per heavy atom. The van der Waals surface area contributed by atoms with Gasteiger partial charge in [-0.05, 0) is 12.8 Å². The lowest BCUT2D eigenvalue weighted by Gasteiger charge is -2.22. The summed E-state index contributed by atoms with van der Waals surface area (Å²) in [6.45, 7) is 6.57. The molecule has 0 aromatic carbocycles. The molecular weight excluding hydrogens is 250 g/mol. The van der Waals surface area contributed by atoms with Crippen molar-refractivity contribution >= 4 is 17.9 Å². The van der Waals surface area contributed by atoms with Gasteiger partial charge in [0.1, 0.15) is 0 Å². The molecule has 0 saturated carbocycles. The molecule has 0 aliphatic heterocycles. The summed E-state index contributed by atoms with van der Waals surface area (Å²) in [5, 5.41) is 4.45. The highest BCUT2D eigenvalue weighted by Crippen LogP contribution is 1.99. The Hall–Kier alpha value is -1.63. The number of amides is 3. The lowest BCUT2D eigenvalue weighted by Crippen LogP contribution is -2.45. The number of ether oxygens (including phenoxy) is 1. The fourth-order valence-electron chi connectivity index (χ4n) is 1.52. The molecule has 7 heteroatoms. The summed E-state index contributed by atoms with van der Waals surface area (Å²) >= 11 is 0. The van der Waals surface area contributed by atoms with E-state index in [2.05, 4.69) is 10.6 Å². The van der Waals surface area contributed by atoms with Crippen LogP contribution < -0.4 is 10.6 Å². The number of nitrogens with one attached hydrogen (secondary N) is 2. The first-order chi connectivity index (χ1) is 8.88. The fraction of sp³-hybridized carbons (Fsp3) is 0.750. The maximum Gasteiger partial charge on any atom is 0.321 e. The summed E-state index contributed by atoms with van der Waals surface area (Å²) in [4.78, 5) is 35.6. The monoisotopic (exact) mass is 273 g/mol. The van der Waals surface area contributed by atoms with E-state index in [1.54, 1.807) is 11.8 Å². The SMILES string of the molecule is CCOC(=O)CN(CC(=O)NC(=O)NC)CC(C)C. The lowest BCUT2D eigenvalue weighted by atomic mass is 10.2. The van der Waals surface area contributed by atoms with Crippen molar-refractivity contribution in [2.75, 3.05) is 33.3 Å². The zero-order chi connectivity index (χ0) is 14.8. The third-order valence-electron chi connectivity index (χ3n) is 2.13. The van der Waals surface area contributed by atoms with Crippen LogP contribution in [-0.2, 0) is 14.3 Å². The van der Waals surface area contributed by atoms with Gasteiger partial charge in [0, 0.05) is 13.6 Å². The number of imide groups is 1. The van der Waals surface area contributed by atoms with E-state index in [9.17, 15) is 14.4 Å². The second-order valence-corrected chi connectivity index (χ2v) is 4.50. The summed E-state index contributed by atoms with van der Waals surface area (Å²) in [7, 11) is 1.42. The average molecular weight is 273 g/mol. The first-order valence-electron chi connectivity index (χ1n) is 6.28. The molecule has 0 spiro atoms. The molecule has 3 amide bonds. The van der Waals surface area contributed by atoms with Crippen LogP contribution in [0.15, 0.2) is 0 Å². The third kappa shape index (κ3) is 9.01. The summed E-state index contributed by atoms with van der Waals surface area (Å²) in [5.41, 5.74) is 0. The molecule has 0 saturated heterocycles. The summed E-state index contributed by atoms with van der Waals surface area (Å²) in [5.74, 6) is -0.539. The highest BCUT2D eigenvalue weighted by atomic mass is 16.5. The van der Waals surface area contributed by atoms with Crippen LogP contribution in [0, 0.1) is 5.92 Å². The number of carbonyl (C=O) groups is 3. The summed E-state index contributed by atoms with van der Waals surface area (Å²) < 4.78 is 4.85. The largest absolute Gasteiger partial charge is 0.465 e. The lowest BCUT2D eigenvalue weighted by molar-refractivity contribution is -0.144. The minimum absolute atomic E-state index is 0.0234. The van der Waals surface area contributed by atoms with Crippen LogP contribution in [0.1, 0.15) is 20.8 Å². The standard InChI is InChI=1S/C12H23N3O4/c1-5-19-11(17)8-15(6-9(2)3)7-10(16)14-12(18)13-4/h9H,5-8H2,1-4H3,(H2,13,14,16,18). The second kappa shape index (κ2) is 9.32. The molecule has 0 atom stereocenters. The second-order valence-electron chi connectivity index (χ2n) is 4.50. The van der Waals surface area contributed by atoms with Crippen LogP contribution in [0.25, 0.3) is 0 Å². The molecule has 0 unspecified atom stereocenters. The number of urea groups is 1. The quantitative estimate of drug-likeness (QED) is 0.636. The van der Waals surface area contributed by atoms with Gasteiger partial charge in [-0.1, -0.05) is 13.8 Å². The summed E-state index contributed by atoms with van der Waals surface area (Å²) in [6.07, 6.45) is 0. The smallest absolute Gasteiger partial charge is 0.321 e. The van der Waals surface area contributed by atoms with Gasteiger partial charge in [0.15, 0.2) is 0 Å². The van der Waals surface area contributed by atoms with Crippen molar-refractivity contribution in [1.82, 2.24) is 15.5 Å². The predicted molar refractivity (Wildman–Crippen MR) is 70.5 cm³/mol. The van der Waals surface area contributed by atoms with Crippen molar-refractivity contribution in [1.29, 1.82) is 0 Å². The maximum absolute atomic E-state index is 11.6. The van der Waals surface area contributed by atoms with E-state index in [0.717, 1.165) is 0 Å². The molecule has 110 valence electrons. The Bertz CT molecular complexity index is 318. The number of nitrogens with zero attached hydrogens (tertiary/aromatic N) is 1. The molecule has 0 aliphatic carbocycles. The van der Waals surface area contributed by atoms with E-state index in [1.165, 1.54) is 7.05 Å². The Morgan fingerprint density at radius 1 is 1.21 bits per heavy atom. The Labute approximate surface area is 113 Å². The molecule has 0 fully saturated rings. The zero-order valence-corrected chi connectivity index (χ0v) is 12.0. The highest BCUT2D eigenvalue weighted by Gasteiger charge is 2.17. The van der Waals surface area contributed by atoms with Gasteiger partial charge in [0.25, 0.3) is 0 Å². The van der Waals surface area contributed by atoms with Crippen molar-refractivity contribution in [3.8, 4) is 0 Å². The number of rotatable bonds is 7. The van der Waals surface area contributed by atoms with Gasteiger partial charge in [-0.2, -0.15) is 0 Å². The van der Waals surface area contributed by atoms with Crippen molar-refractivity contribution < 1.29 is 19.1 Å². The van der Waals surface area contributed by atoms with Gasteiger partial charge in [-0.15, -0.1) is 0 Å². The molecule has 0 aliphatic rings. The van der Waals surface area contributed by atoms with Crippen LogP contribution >= 0.6 is 0 Å². The first kappa shape index (κ1) is 17.4. The number of hydrogen-bond acceptors (Lipinski definition) is 5. The van der Waals surface area contributed by atoms with Crippen molar-refractivity contribution in [3.05, 3.63) is 0 Å². The Kier molecular flexibility index (Phi) is 8.52. The first-order valence-corrected chi connectivity index (χ1v) is 6.28. The van der Waals surface area contributed by atoms with E-state index in [1.807, 2.05) is 13.8 Å². The van der Waals surface area contributed by atoms with E-state index < -0.39 is 11.9 Å². The molecule has 0 aromatic rings. The van der Waals surface area contributed by atoms with Crippen molar-refractivity contribution in [3.63, 3.8) is 0 Å². The molecule has 7 nitrogen and oxygen atoms in total. The van der Waals surface area contributed by atoms with Crippen LogP contribution in [0.5, 0.6) is 0 Å². The van der Waals surface area contributed by atoms with Crippen LogP contribution in [-0.4, -0.2) is 56.1 Å². The molecule has 0 heterocycles. The van der Waals surface area contributed by atoms with Gasteiger partial charge >= 0.3 is 12.0 Å². The van der Waals surface area contributed by atoms with Gasteiger partial charge in [0.05, 0.1) is 19.7 Å². The Balaban J connectivity index is 4.37. The van der Waals surface area contributed by atoms with E-state index in [4.69, 9.17) is 4.74 Å². The normalized spacial score (nSPS) is 10.4. The van der Waals surface area contributed by atoms with Gasteiger partial charge < -0.3 is 10.1 Å². The van der Waals surface area contributed by atoms with Crippen LogP contribution in [0.3, 0.4) is 0 Å². The van der Waals surface area contributed by atoms with E-state index >= 15 is 0 Å². The van der Waals surface area contributed by atoms with Gasteiger partial charge in [0.2, 0.25) is 5.91 Å². The minimum Gasteiger partial charge on any atom is -0.465 e. The van der Waals surface area contributed by atoms with E-state index in [0.29, 0.717) is 19.1 Å². The molecule has 19 heavy (non-hydrogen) atoms. The fourth-order valence-corrected chi connectivity index (χ4v) is 1.52. The predicted octanol–water partition coefficient (Wildman–Crippen LogP) is -0.0369. The molecule has 2 N–H and O–H groups in total. The maximum atomic E-state index is 11.6. The Morgan fingerprint density at radius 3 is 2.32 bits per heavy atom. The van der Waals surface area contributed by atoms with Crippen molar-refractivity contribution in [2.24, 2.45) is 5.92 Å². The average Bonchev–Trinajstić information content (AvgIpc) is 2.27. The zero-order valence-electron chi connectivity index (χ0n) is 12.0. The molecule has 0 rings (SSSR count). The van der Waals surface area contributed by atoms with Gasteiger partial charge in [-0.25, -0.2) is 4.79 Å². The molecule has 0 radical (unpaired) electrons. The van der Waals surface area contributed by atoms with Crippen LogP contribution in [0.2, 0.25) is 0 Å². The van der Waals surface area contributed by atoms with Crippen LogP contribution in [0.4, 0.5) is 4.79 Å². The number of esters is 1. The molecule has 0 aromatic heterocycles. The molecular formula is C12H23N3O4. The highest BCUT2D eigenvalue weighted by molar-refractivity contribution is 5.95. The number of carbonyl (C=O) groups excluding carboxylic acids is 3. The van der Waals surface area contributed by atoms with E-state index in [-0.39, 0.29) is 19.1 Å². The molecule has 0 bridgehead atoms. The third-order valence-corrected chi connectivity index (χ3v) is 2.13. The minimum atomic E-state index is -0.564. The number of hydrogen-bond donors (Lipinski definition) is 2. The van der Waals surface area contributed by atoms with Gasteiger partial charge in [-0.3, -0.25) is 19.8 Å². The van der Waals surface area contributed by atoms with Crippen molar-refractivity contribution in [2.45, 2.75) is 20.8 Å². The topological polar surface area (TPSA) is 87.7 Å². The summed E-state index contributed by atoms with van der Waals surface area (Å²) in [6, 6.07) is -0.564.